The number of likely N-dealkylation sites (tertiary alicyclic amines) is 1. The van der Waals surface area contributed by atoms with Gasteiger partial charge in [-0.15, -0.1) is 0 Å². The van der Waals surface area contributed by atoms with Gasteiger partial charge < -0.3 is 20.1 Å². The third-order valence-corrected chi connectivity index (χ3v) is 3.26. The van der Waals surface area contributed by atoms with Gasteiger partial charge in [0.15, 0.2) is 0 Å². The van der Waals surface area contributed by atoms with Crippen LogP contribution in [0.15, 0.2) is 0 Å². The van der Waals surface area contributed by atoms with Gasteiger partial charge >= 0.3 is 0 Å². The normalized spacial score (nSPS) is 22.5. The topological polar surface area (TPSA) is 44.7 Å². The summed E-state index contributed by atoms with van der Waals surface area (Å²) in [5, 5.41) is 12.5. The summed E-state index contributed by atoms with van der Waals surface area (Å²) in [5.74, 6) is 0. The standard InChI is InChI=1S/C10H22N2O2/c1-11-10(9-13)3-5-12(6-4-10)7-8-14-2/h11,13H,3-9H2,1-2H3. The first-order valence-corrected chi connectivity index (χ1v) is 5.27. The van der Waals surface area contributed by atoms with E-state index in [1.54, 1.807) is 7.11 Å². The third kappa shape index (κ3) is 2.92. The average molecular weight is 202 g/mol. The van der Waals surface area contributed by atoms with Crippen LogP contribution in [-0.2, 0) is 4.74 Å². The minimum atomic E-state index is -0.0381. The summed E-state index contributed by atoms with van der Waals surface area (Å²) in [4.78, 5) is 2.38. The highest BCUT2D eigenvalue weighted by molar-refractivity contribution is 4.91. The van der Waals surface area contributed by atoms with Crippen molar-refractivity contribution in [2.75, 3.05) is 47.0 Å². The average Bonchev–Trinajstić information content (AvgIpc) is 2.27. The van der Waals surface area contributed by atoms with Crippen LogP contribution >= 0.6 is 0 Å². The number of aliphatic hydroxyl groups is 1. The molecule has 1 fully saturated rings. The summed E-state index contributed by atoms with van der Waals surface area (Å²) in [5.41, 5.74) is -0.0381. The molecule has 0 aromatic rings. The van der Waals surface area contributed by atoms with Gasteiger partial charge in [0.1, 0.15) is 0 Å². The summed E-state index contributed by atoms with van der Waals surface area (Å²) in [6, 6.07) is 0. The highest BCUT2D eigenvalue weighted by Crippen LogP contribution is 2.20. The molecular weight excluding hydrogens is 180 g/mol. The molecule has 1 aliphatic heterocycles. The number of likely N-dealkylation sites (N-methyl/N-ethyl adjacent to an activating group) is 1. The molecule has 0 atom stereocenters. The monoisotopic (exact) mass is 202 g/mol. The molecule has 0 radical (unpaired) electrons. The lowest BCUT2D eigenvalue weighted by Gasteiger charge is -2.40. The predicted octanol–water partition coefficient (Wildman–Crippen LogP) is -0.321. The summed E-state index contributed by atoms with van der Waals surface area (Å²) in [7, 11) is 3.66. The quantitative estimate of drug-likeness (QED) is 0.641. The van der Waals surface area contributed by atoms with E-state index in [0.717, 1.165) is 39.1 Å². The van der Waals surface area contributed by atoms with Crippen molar-refractivity contribution in [1.29, 1.82) is 0 Å². The lowest BCUT2D eigenvalue weighted by atomic mass is 9.88. The van der Waals surface area contributed by atoms with E-state index in [9.17, 15) is 5.11 Å². The van der Waals surface area contributed by atoms with E-state index in [1.165, 1.54) is 0 Å². The van der Waals surface area contributed by atoms with Gasteiger partial charge in [0, 0.05) is 32.3 Å². The van der Waals surface area contributed by atoms with Crippen molar-refractivity contribution in [3.8, 4) is 0 Å². The Morgan fingerprint density at radius 3 is 2.50 bits per heavy atom. The van der Waals surface area contributed by atoms with E-state index in [-0.39, 0.29) is 12.1 Å². The highest BCUT2D eigenvalue weighted by atomic mass is 16.5. The van der Waals surface area contributed by atoms with Gasteiger partial charge in [0.25, 0.3) is 0 Å². The van der Waals surface area contributed by atoms with Gasteiger partial charge in [-0.3, -0.25) is 0 Å². The van der Waals surface area contributed by atoms with Gasteiger partial charge in [-0.05, 0) is 19.9 Å². The molecule has 1 heterocycles. The van der Waals surface area contributed by atoms with Gasteiger partial charge in [0.2, 0.25) is 0 Å². The molecule has 14 heavy (non-hydrogen) atoms. The molecule has 2 N–H and O–H groups in total. The number of methoxy groups -OCH3 is 1. The van der Waals surface area contributed by atoms with Crippen LogP contribution in [0.4, 0.5) is 0 Å². The number of piperidine rings is 1. The van der Waals surface area contributed by atoms with Crippen molar-refractivity contribution in [1.82, 2.24) is 10.2 Å². The zero-order valence-electron chi connectivity index (χ0n) is 9.25. The molecule has 1 saturated heterocycles. The molecular formula is C10H22N2O2. The van der Waals surface area contributed by atoms with Crippen molar-refractivity contribution < 1.29 is 9.84 Å². The van der Waals surface area contributed by atoms with E-state index in [4.69, 9.17) is 4.74 Å². The highest BCUT2D eigenvalue weighted by Gasteiger charge is 2.31. The lowest BCUT2D eigenvalue weighted by molar-refractivity contribution is 0.0684. The zero-order valence-corrected chi connectivity index (χ0v) is 9.25. The fraction of sp³-hybridized carbons (Fsp3) is 1.00. The predicted molar refractivity (Wildman–Crippen MR) is 56.4 cm³/mol. The fourth-order valence-electron chi connectivity index (χ4n) is 1.91. The first-order valence-electron chi connectivity index (χ1n) is 5.27. The summed E-state index contributed by atoms with van der Waals surface area (Å²) < 4.78 is 5.04. The van der Waals surface area contributed by atoms with Crippen LogP contribution in [0, 0.1) is 0 Å². The molecule has 0 unspecified atom stereocenters. The molecule has 0 bridgehead atoms. The Balaban J connectivity index is 2.29. The number of rotatable bonds is 5. The van der Waals surface area contributed by atoms with Gasteiger partial charge in [-0.1, -0.05) is 0 Å². The van der Waals surface area contributed by atoms with E-state index >= 15 is 0 Å². The number of hydrogen-bond acceptors (Lipinski definition) is 4. The molecule has 0 aliphatic carbocycles. The minimum Gasteiger partial charge on any atom is -0.394 e. The van der Waals surface area contributed by atoms with Crippen molar-refractivity contribution in [3.63, 3.8) is 0 Å². The van der Waals surface area contributed by atoms with Crippen LogP contribution in [0.3, 0.4) is 0 Å². The summed E-state index contributed by atoms with van der Waals surface area (Å²) in [6.07, 6.45) is 2.04. The van der Waals surface area contributed by atoms with Crippen molar-refractivity contribution >= 4 is 0 Å². The van der Waals surface area contributed by atoms with E-state index in [0.29, 0.717) is 0 Å². The Labute approximate surface area is 86.2 Å². The van der Waals surface area contributed by atoms with Crippen LogP contribution < -0.4 is 5.32 Å². The molecule has 4 nitrogen and oxygen atoms in total. The van der Waals surface area contributed by atoms with Crippen molar-refractivity contribution in [3.05, 3.63) is 0 Å². The van der Waals surface area contributed by atoms with Crippen molar-refractivity contribution in [2.45, 2.75) is 18.4 Å². The number of nitrogens with zero attached hydrogens (tertiary/aromatic N) is 1. The molecule has 1 rings (SSSR count). The van der Waals surface area contributed by atoms with Crippen LogP contribution in [0.5, 0.6) is 0 Å². The first-order chi connectivity index (χ1) is 6.76. The number of ether oxygens (including phenoxy) is 1. The lowest BCUT2D eigenvalue weighted by Crippen LogP contribution is -2.54. The molecule has 0 amide bonds. The Morgan fingerprint density at radius 1 is 1.43 bits per heavy atom. The van der Waals surface area contributed by atoms with Crippen LogP contribution in [-0.4, -0.2) is 62.6 Å². The molecule has 4 heteroatoms. The van der Waals surface area contributed by atoms with Gasteiger partial charge in [0.05, 0.1) is 13.2 Å². The van der Waals surface area contributed by atoms with Gasteiger partial charge in [-0.2, -0.15) is 0 Å². The first kappa shape index (κ1) is 11.9. The maximum Gasteiger partial charge on any atom is 0.0614 e. The molecule has 84 valence electrons. The smallest absolute Gasteiger partial charge is 0.0614 e. The Kier molecular flexibility index (Phi) is 4.81. The molecule has 0 spiro atoms. The molecule has 0 aromatic heterocycles. The van der Waals surface area contributed by atoms with Crippen LogP contribution in [0.1, 0.15) is 12.8 Å². The largest absolute Gasteiger partial charge is 0.394 e. The second-order valence-electron chi connectivity index (χ2n) is 4.02. The Morgan fingerprint density at radius 2 is 2.07 bits per heavy atom. The van der Waals surface area contributed by atoms with E-state index < -0.39 is 0 Å². The maximum absolute atomic E-state index is 9.30. The summed E-state index contributed by atoms with van der Waals surface area (Å²) >= 11 is 0. The zero-order chi connectivity index (χ0) is 10.4. The summed E-state index contributed by atoms with van der Waals surface area (Å²) in [6.45, 7) is 4.13. The minimum absolute atomic E-state index is 0.0381. The van der Waals surface area contributed by atoms with Crippen molar-refractivity contribution in [2.24, 2.45) is 0 Å². The van der Waals surface area contributed by atoms with E-state index in [1.807, 2.05) is 7.05 Å². The van der Waals surface area contributed by atoms with Crippen LogP contribution in [0.25, 0.3) is 0 Å². The molecule has 0 saturated carbocycles. The second kappa shape index (κ2) is 5.66. The number of nitrogens with one attached hydrogen (secondary N) is 1. The maximum atomic E-state index is 9.30. The van der Waals surface area contributed by atoms with Gasteiger partial charge in [-0.25, -0.2) is 0 Å². The van der Waals surface area contributed by atoms with Crippen LogP contribution in [0.2, 0.25) is 0 Å². The SMILES string of the molecule is CNC1(CO)CCN(CCOC)CC1. The Hall–Kier alpha value is -0.160. The third-order valence-electron chi connectivity index (χ3n) is 3.26. The number of hydrogen-bond donors (Lipinski definition) is 2. The fourth-order valence-corrected chi connectivity index (χ4v) is 1.91. The molecule has 1 aliphatic rings. The number of aliphatic hydroxyl groups excluding tert-OH is 1. The Bertz CT molecular complexity index is 150. The molecule has 0 aromatic carbocycles. The van der Waals surface area contributed by atoms with E-state index in [2.05, 4.69) is 10.2 Å². The second-order valence-corrected chi connectivity index (χ2v) is 4.02.